The molecule has 0 saturated carbocycles. The Labute approximate surface area is 78.3 Å². The van der Waals surface area contributed by atoms with Gasteiger partial charge in [-0.05, 0) is 34.1 Å². The van der Waals surface area contributed by atoms with E-state index in [4.69, 9.17) is 0 Å². The fourth-order valence-corrected chi connectivity index (χ4v) is 2.24. The molecule has 2 heteroatoms. The highest BCUT2D eigenvalue weighted by molar-refractivity contribution is 9.10. The van der Waals surface area contributed by atoms with Crippen molar-refractivity contribution in [3.05, 3.63) is 0 Å². The second-order valence-electron chi connectivity index (χ2n) is 4.04. The standard InChI is InChI=1S/C9H18BrN/c1-7(2)11-6-5-9(4,10)8(11)3/h7-8H,5-6H2,1-4H3/t8-,9+/m0/s1. The van der Waals surface area contributed by atoms with E-state index in [2.05, 4.69) is 48.5 Å². The van der Waals surface area contributed by atoms with Crippen LogP contribution in [0.1, 0.15) is 34.1 Å². The van der Waals surface area contributed by atoms with Crippen molar-refractivity contribution < 1.29 is 0 Å². The first-order valence-electron chi connectivity index (χ1n) is 4.40. The zero-order valence-corrected chi connectivity index (χ0v) is 9.48. The Kier molecular flexibility index (Phi) is 2.65. The van der Waals surface area contributed by atoms with Crippen molar-refractivity contribution in [1.82, 2.24) is 4.90 Å². The van der Waals surface area contributed by atoms with Crippen LogP contribution in [0.25, 0.3) is 0 Å². The van der Waals surface area contributed by atoms with Gasteiger partial charge < -0.3 is 0 Å². The minimum absolute atomic E-state index is 0.345. The highest BCUT2D eigenvalue weighted by atomic mass is 79.9. The molecule has 0 N–H and O–H groups in total. The molecule has 1 aliphatic heterocycles. The third kappa shape index (κ3) is 1.78. The number of hydrogen-bond acceptors (Lipinski definition) is 1. The molecular formula is C9H18BrN. The lowest BCUT2D eigenvalue weighted by molar-refractivity contribution is 0.207. The predicted octanol–water partition coefficient (Wildman–Crippen LogP) is 2.64. The lowest BCUT2D eigenvalue weighted by Crippen LogP contribution is -2.39. The van der Waals surface area contributed by atoms with Gasteiger partial charge in [-0.1, -0.05) is 15.9 Å². The van der Waals surface area contributed by atoms with Gasteiger partial charge in [0.25, 0.3) is 0 Å². The third-order valence-corrected chi connectivity index (χ3v) is 3.95. The van der Waals surface area contributed by atoms with Crippen LogP contribution in [0, 0.1) is 0 Å². The van der Waals surface area contributed by atoms with Crippen molar-refractivity contribution in [2.24, 2.45) is 0 Å². The zero-order chi connectivity index (χ0) is 8.65. The van der Waals surface area contributed by atoms with Crippen molar-refractivity contribution in [3.8, 4) is 0 Å². The summed E-state index contributed by atoms with van der Waals surface area (Å²) in [5.74, 6) is 0. The topological polar surface area (TPSA) is 3.24 Å². The maximum Gasteiger partial charge on any atom is 0.0394 e. The van der Waals surface area contributed by atoms with Gasteiger partial charge in [0.1, 0.15) is 0 Å². The molecule has 0 aromatic rings. The number of halogens is 1. The average molecular weight is 220 g/mol. The number of alkyl halides is 1. The third-order valence-electron chi connectivity index (χ3n) is 2.89. The highest BCUT2D eigenvalue weighted by Crippen LogP contribution is 2.36. The van der Waals surface area contributed by atoms with Crippen LogP contribution in [-0.4, -0.2) is 27.9 Å². The molecule has 0 aliphatic carbocycles. The number of hydrogen-bond donors (Lipinski definition) is 0. The Morgan fingerprint density at radius 2 is 2.09 bits per heavy atom. The molecule has 0 aromatic carbocycles. The van der Waals surface area contributed by atoms with Crippen LogP contribution in [-0.2, 0) is 0 Å². The Balaban J connectivity index is 2.63. The van der Waals surface area contributed by atoms with E-state index in [1.165, 1.54) is 13.0 Å². The molecule has 1 nitrogen and oxygen atoms in total. The summed E-state index contributed by atoms with van der Waals surface area (Å²) in [6.45, 7) is 10.4. The summed E-state index contributed by atoms with van der Waals surface area (Å²) < 4.78 is 0.345. The van der Waals surface area contributed by atoms with Crippen molar-refractivity contribution >= 4 is 15.9 Å². The highest BCUT2D eigenvalue weighted by Gasteiger charge is 2.39. The first-order valence-corrected chi connectivity index (χ1v) is 5.19. The average Bonchev–Trinajstić information content (AvgIpc) is 2.09. The second kappa shape index (κ2) is 3.06. The molecule has 0 unspecified atom stereocenters. The van der Waals surface area contributed by atoms with Gasteiger partial charge in [0, 0.05) is 23.0 Å². The summed E-state index contributed by atoms with van der Waals surface area (Å²) in [7, 11) is 0. The minimum atomic E-state index is 0.345. The predicted molar refractivity (Wildman–Crippen MR) is 53.3 cm³/mol. The van der Waals surface area contributed by atoms with Gasteiger partial charge in [0.15, 0.2) is 0 Å². The smallest absolute Gasteiger partial charge is 0.0394 e. The lowest BCUT2D eigenvalue weighted by Gasteiger charge is -2.30. The fraction of sp³-hybridized carbons (Fsp3) is 1.00. The Bertz CT molecular complexity index is 142. The van der Waals surface area contributed by atoms with Crippen molar-refractivity contribution in [2.45, 2.75) is 50.5 Å². The van der Waals surface area contributed by atoms with Gasteiger partial charge in [-0.2, -0.15) is 0 Å². The molecule has 1 rings (SSSR count). The molecule has 0 amide bonds. The fourth-order valence-electron chi connectivity index (χ4n) is 1.80. The molecule has 1 aliphatic rings. The van der Waals surface area contributed by atoms with E-state index < -0.39 is 0 Å². The van der Waals surface area contributed by atoms with Crippen LogP contribution in [0.3, 0.4) is 0 Å². The first-order chi connectivity index (χ1) is 4.95. The first kappa shape index (κ1) is 9.53. The maximum atomic E-state index is 3.77. The molecular weight excluding hydrogens is 202 g/mol. The molecule has 0 bridgehead atoms. The quantitative estimate of drug-likeness (QED) is 0.614. The summed E-state index contributed by atoms with van der Waals surface area (Å²) in [5.41, 5.74) is 0. The van der Waals surface area contributed by atoms with Gasteiger partial charge >= 0.3 is 0 Å². The molecule has 1 heterocycles. The molecule has 0 spiro atoms. The van der Waals surface area contributed by atoms with E-state index in [0.717, 1.165) is 0 Å². The molecule has 1 fully saturated rings. The monoisotopic (exact) mass is 219 g/mol. The second-order valence-corrected chi connectivity index (χ2v) is 5.85. The van der Waals surface area contributed by atoms with Crippen molar-refractivity contribution in [3.63, 3.8) is 0 Å². The van der Waals surface area contributed by atoms with E-state index in [-0.39, 0.29) is 0 Å². The van der Waals surface area contributed by atoms with Crippen LogP contribution in [0.2, 0.25) is 0 Å². The van der Waals surface area contributed by atoms with Crippen molar-refractivity contribution in [2.75, 3.05) is 6.54 Å². The SMILES string of the molecule is CC(C)N1CC[C@@](C)(Br)[C@@H]1C. The van der Waals surface area contributed by atoms with Crippen LogP contribution in [0.4, 0.5) is 0 Å². The van der Waals surface area contributed by atoms with Crippen LogP contribution in [0.5, 0.6) is 0 Å². The normalized spacial score (nSPS) is 40.4. The number of likely N-dealkylation sites (tertiary alicyclic amines) is 1. The van der Waals surface area contributed by atoms with Gasteiger partial charge in [-0.25, -0.2) is 0 Å². The molecule has 1 saturated heterocycles. The molecule has 11 heavy (non-hydrogen) atoms. The van der Waals surface area contributed by atoms with Crippen LogP contribution in [0.15, 0.2) is 0 Å². The lowest BCUT2D eigenvalue weighted by atomic mass is 10.0. The van der Waals surface area contributed by atoms with Crippen LogP contribution < -0.4 is 0 Å². The zero-order valence-electron chi connectivity index (χ0n) is 7.89. The van der Waals surface area contributed by atoms with Gasteiger partial charge in [-0.3, -0.25) is 4.90 Å². The minimum Gasteiger partial charge on any atom is -0.297 e. The Morgan fingerprint density at radius 3 is 2.27 bits per heavy atom. The van der Waals surface area contributed by atoms with Gasteiger partial charge in [0.2, 0.25) is 0 Å². The maximum absolute atomic E-state index is 3.77. The summed E-state index contributed by atoms with van der Waals surface area (Å²) in [5, 5.41) is 0. The molecule has 0 radical (unpaired) electrons. The van der Waals surface area contributed by atoms with E-state index in [1.807, 2.05) is 0 Å². The Hall–Kier alpha value is 0.440. The number of nitrogens with zero attached hydrogens (tertiary/aromatic N) is 1. The van der Waals surface area contributed by atoms with E-state index in [0.29, 0.717) is 16.4 Å². The van der Waals surface area contributed by atoms with Crippen molar-refractivity contribution in [1.29, 1.82) is 0 Å². The summed E-state index contributed by atoms with van der Waals surface area (Å²) in [6.07, 6.45) is 1.27. The van der Waals surface area contributed by atoms with Crippen LogP contribution >= 0.6 is 15.9 Å². The molecule has 2 atom stereocenters. The van der Waals surface area contributed by atoms with E-state index in [9.17, 15) is 0 Å². The number of rotatable bonds is 1. The Morgan fingerprint density at radius 1 is 1.55 bits per heavy atom. The summed E-state index contributed by atoms with van der Waals surface area (Å²) in [6, 6.07) is 1.35. The molecule has 0 aromatic heterocycles. The summed E-state index contributed by atoms with van der Waals surface area (Å²) in [4.78, 5) is 2.55. The van der Waals surface area contributed by atoms with E-state index in [1.54, 1.807) is 0 Å². The molecule has 66 valence electrons. The van der Waals surface area contributed by atoms with Gasteiger partial charge in [-0.15, -0.1) is 0 Å². The van der Waals surface area contributed by atoms with E-state index >= 15 is 0 Å². The largest absolute Gasteiger partial charge is 0.297 e. The summed E-state index contributed by atoms with van der Waals surface area (Å²) >= 11 is 3.77. The van der Waals surface area contributed by atoms with Gasteiger partial charge in [0.05, 0.1) is 0 Å².